The lowest BCUT2D eigenvalue weighted by Crippen LogP contribution is -2.14. The van der Waals surface area contributed by atoms with Crippen LogP contribution in [0.2, 0.25) is 5.02 Å². The number of methoxy groups -OCH3 is 1. The molecule has 8 heteroatoms. The van der Waals surface area contributed by atoms with E-state index < -0.39 is 0 Å². The molecule has 2 aromatic heterocycles. The second kappa shape index (κ2) is 5.90. The zero-order valence-corrected chi connectivity index (χ0v) is 14.2. The first-order valence-electron chi connectivity index (χ1n) is 7.82. The molecule has 7 nitrogen and oxygen atoms in total. The van der Waals surface area contributed by atoms with E-state index >= 15 is 0 Å². The van der Waals surface area contributed by atoms with Crippen molar-refractivity contribution in [3.8, 4) is 11.4 Å². The topological polar surface area (TPSA) is 70.7 Å². The normalized spacial score (nSPS) is 15.5. The third-order valence-electron chi connectivity index (χ3n) is 4.17. The minimum atomic E-state index is -0.115. The van der Waals surface area contributed by atoms with Crippen LogP contribution in [0.15, 0.2) is 30.9 Å². The Morgan fingerprint density at radius 1 is 1.33 bits per heavy atom. The molecule has 0 bridgehead atoms. The van der Waals surface area contributed by atoms with E-state index in [4.69, 9.17) is 26.4 Å². The van der Waals surface area contributed by atoms with Crippen LogP contribution in [0.5, 0.6) is 5.75 Å². The summed E-state index contributed by atoms with van der Waals surface area (Å²) >= 11 is 6.19. The van der Waals surface area contributed by atoms with Crippen LogP contribution in [0, 0.1) is 0 Å². The van der Waals surface area contributed by atoms with Crippen LogP contribution in [0.25, 0.3) is 5.69 Å². The zero-order valence-electron chi connectivity index (χ0n) is 13.4. The molecule has 0 amide bonds. The molecule has 2 heterocycles. The number of benzene rings is 1. The summed E-state index contributed by atoms with van der Waals surface area (Å²) in [6, 6.07) is 5.35. The van der Waals surface area contributed by atoms with Gasteiger partial charge in [-0.25, -0.2) is 19.3 Å². The van der Waals surface area contributed by atoms with Gasteiger partial charge in [0, 0.05) is 10.9 Å². The van der Waals surface area contributed by atoms with E-state index in [0.717, 1.165) is 30.2 Å². The summed E-state index contributed by atoms with van der Waals surface area (Å²) in [5.74, 6) is 2.78. The molecule has 1 atom stereocenters. The molecule has 0 saturated heterocycles. The summed E-state index contributed by atoms with van der Waals surface area (Å²) in [6.45, 7) is 2.02. The van der Waals surface area contributed by atoms with Gasteiger partial charge < -0.3 is 4.74 Å². The first-order chi connectivity index (χ1) is 11.7. The second-order valence-corrected chi connectivity index (χ2v) is 6.32. The second-order valence-electron chi connectivity index (χ2n) is 5.88. The van der Waals surface area contributed by atoms with Crippen molar-refractivity contribution >= 4 is 11.6 Å². The molecule has 1 saturated carbocycles. The minimum Gasteiger partial charge on any atom is -0.494 e. The number of rotatable bonds is 5. The number of ether oxygens (including phenoxy) is 1. The highest BCUT2D eigenvalue weighted by Gasteiger charge is 2.31. The van der Waals surface area contributed by atoms with Gasteiger partial charge in [-0.1, -0.05) is 11.6 Å². The molecular weight excluding hydrogens is 328 g/mol. The molecule has 0 radical (unpaired) electrons. The van der Waals surface area contributed by atoms with Crippen molar-refractivity contribution in [3.63, 3.8) is 0 Å². The Morgan fingerprint density at radius 3 is 2.83 bits per heavy atom. The molecule has 24 heavy (non-hydrogen) atoms. The van der Waals surface area contributed by atoms with Gasteiger partial charge in [0.2, 0.25) is 0 Å². The predicted molar refractivity (Wildman–Crippen MR) is 88.7 cm³/mol. The third-order valence-corrected chi connectivity index (χ3v) is 4.40. The molecule has 1 aliphatic rings. The SMILES string of the molecule is COc1ccc(Cl)cc1-n1nc(C2CC2)nc1[C@@H](C)n1cncn1. The van der Waals surface area contributed by atoms with Gasteiger partial charge in [0.1, 0.15) is 30.1 Å². The highest BCUT2D eigenvalue weighted by atomic mass is 35.5. The van der Waals surface area contributed by atoms with Gasteiger partial charge >= 0.3 is 0 Å². The highest BCUT2D eigenvalue weighted by Crippen LogP contribution is 2.39. The average molecular weight is 345 g/mol. The Bertz CT molecular complexity index is 856. The van der Waals surface area contributed by atoms with Gasteiger partial charge in [-0.05, 0) is 38.0 Å². The summed E-state index contributed by atoms with van der Waals surface area (Å²) in [4.78, 5) is 8.80. The maximum Gasteiger partial charge on any atom is 0.157 e. The van der Waals surface area contributed by atoms with Crippen LogP contribution in [-0.2, 0) is 0 Å². The molecular formula is C16H17ClN6O. The number of hydrogen-bond donors (Lipinski definition) is 0. The molecule has 124 valence electrons. The minimum absolute atomic E-state index is 0.115. The molecule has 0 unspecified atom stereocenters. The predicted octanol–water partition coefficient (Wildman–Crippen LogP) is 3.01. The Labute approximate surface area is 144 Å². The summed E-state index contributed by atoms with van der Waals surface area (Å²) < 4.78 is 9.05. The zero-order chi connectivity index (χ0) is 16.7. The number of hydrogen-bond acceptors (Lipinski definition) is 5. The lowest BCUT2D eigenvalue weighted by Gasteiger charge is -2.15. The quantitative estimate of drug-likeness (QED) is 0.711. The van der Waals surface area contributed by atoms with Gasteiger partial charge in [0.25, 0.3) is 0 Å². The van der Waals surface area contributed by atoms with Gasteiger partial charge in [0.05, 0.1) is 7.11 Å². The molecule has 1 aromatic carbocycles. The van der Waals surface area contributed by atoms with Crippen molar-refractivity contribution < 1.29 is 4.74 Å². The maximum absolute atomic E-state index is 6.19. The van der Waals surface area contributed by atoms with E-state index in [1.54, 1.807) is 24.2 Å². The van der Waals surface area contributed by atoms with E-state index in [0.29, 0.717) is 16.7 Å². The molecule has 1 aliphatic carbocycles. The maximum atomic E-state index is 6.19. The van der Waals surface area contributed by atoms with E-state index in [1.807, 2.05) is 23.7 Å². The summed E-state index contributed by atoms with van der Waals surface area (Å²) in [7, 11) is 1.63. The first kappa shape index (κ1) is 15.1. The Hall–Kier alpha value is -2.41. The Kier molecular flexibility index (Phi) is 3.72. The van der Waals surface area contributed by atoms with Crippen molar-refractivity contribution in [2.75, 3.05) is 7.11 Å². The molecule has 0 N–H and O–H groups in total. The molecule has 4 rings (SSSR count). The lowest BCUT2D eigenvalue weighted by atomic mass is 10.2. The fraction of sp³-hybridized carbons (Fsp3) is 0.375. The van der Waals surface area contributed by atoms with Crippen molar-refractivity contribution in [2.45, 2.75) is 31.7 Å². The van der Waals surface area contributed by atoms with E-state index in [-0.39, 0.29) is 6.04 Å². The number of aromatic nitrogens is 6. The highest BCUT2D eigenvalue weighted by molar-refractivity contribution is 6.30. The molecule has 1 fully saturated rings. The fourth-order valence-electron chi connectivity index (χ4n) is 2.67. The summed E-state index contributed by atoms with van der Waals surface area (Å²) in [6.07, 6.45) is 5.45. The van der Waals surface area contributed by atoms with Crippen LogP contribution in [0.1, 0.15) is 43.4 Å². The third kappa shape index (κ3) is 2.65. The van der Waals surface area contributed by atoms with Crippen LogP contribution in [-0.4, -0.2) is 36.6 Å². The number of halogens is 1. The average Bonchev–Trinajstić information content (AvgIpc) is 3.13. The van der Waals surface area contributed by atoms with Crippen molar-refractivity contribution in [1.29, 1.82) is 0 Å². The summed E-state index contributed by atoms with van der Waals surface area (Å²) in [5, 5.41) is 9.57. The van der Waals surface area contributed by atoms with Crippen LogP contribution in [0.4, 0.5) is 0 Å². The van der Waals surface area contributed by atoms with Gasteiger partial charge in [-0.3, -0.25) is 0 Å². The monoisotopic (exact) mass is 344 g/mol. The largest absolute Gasteiger partial charge is 0.494 e. The van der Waals surface area contributed by atoms with Crippen LogP contribution < -0.4 is 4.74 Å². The molecule has 0 aliphatic heterocycles. The first-order valence-corrected chi connectivity index (χ1v) is 8.20. The van der Waals surface area contributed by atoms with E-state index in [2.05, 4.69) is 10.1 Å². The van der Waals surface area contributed by atoms with E-state index in [9.17, 15) is 0 Å². The Balaban J connectivity index is 1.86. The standard InChI is InChI=1S/C16H17ClN6O/c1-10(22-9-18-8-19-22)16-20-15(11-3-4-11)21-23(16)13-7-12(17)5-6-14(13)24-2/h5-11H,3-4H2,1-2H3/t10-/m1/s1. The summed E-state index contributed by atoms with van der Waals surface area (Å²) in [5.41, 5.74) is 0.770. The van der Waals surface area contributed by atoms with Gasteiger partial charge in [-0.2, -0.15) is 10.2 Å². The van der Waals surface area contributed by atoms with Crippen molar-refractivity contribution in [2.24, 2.45) is 0 Å². The Morgan fingerprint density at radius 2 is 2.17 bits per heavy atom. The lowest BCUT2D eigenvalue weighted by molar-refractivity contribution is 0.410. The van der Waals surface area contributed by atoms with E-state index in [1.165, 1.54) is 6.33 Å². The van der Waals surface area contributed by atoms with Crippen molar-refractivity contribution in [1.82, 2.24) is 29.5 Å². The van der Waals surface area contributed by atoms with Crippen LogP contribution >= 0.6 is 11.6 Å². The number of nitrogens with zero attached hydrogens (tertiary/aromatic N) is 6. The molecule has 0 spiro atoms. The smallest absolute Gasteiger partial charge is 0.157 e. The van der Waals surface area contributed by atoms with Gasteiger partial charge in [-0.15, -0.1) is 0 Å². The van der Waals surface area contributed by atoms with Crippen LogP contribution in [0.3, 0.4) is 0 Å². The van der Waals surface area contributed by atoms with Crippen molar-refractivity contribution in [3.05, 3.63) is 47.5 Å². The fourth-order valence-corrected chi connectivity index (χ4v) is 2.83. The van der Waals surface area contributed by atoms with Gasteiger partial charge in [0.15, 0.2) is 11.6 Å². The molecule has 3 aromatic rings.